The number of esters is 1. The van der Waals surface area contributed by atoms with Gasteiger partial charge >= 0.3 is 5.97 Å². The Labute approximate surface area is 192 Å². The van der Waals surface area contributed by atoms with Crippen LogP contribution in [0.5, 0.6) is 0 Å². The zero-order chi connectivity index (χ0) is 19.9. The molecule has 3 heterocycles. The van der Waals surface area contributed by atoms with E-state index in [4.69, 9.17) is 9.15 Å². The number of hydrogen-bond acceptors (Lipinski definition) is 6. The average molecular weight is 532 g/mol. The molecule has 0 aromatic carbocycles. The van der Waals surface area contributed by atoms with E-state index in [0.29, 0.717) is 35.6 Å². The highest BCUT2D eigenvalue weighted by Gasteiger charge is 2.24. The summed E-state index contributed by atoms with van der Waals surface area (Å²) in [7, 11) is 3.11. The highest BCUT2D eigenvalue weighted by atomic mass is 127. The molecule has 29 heavy (non-hydrogen) atoms. The van der Waals surface area contributed by atoms with Crippen LogP contribution in [0, 0.1) is 6.92 Å². The van der Waals surface area contributed by atoms with Gasteiger partial charge in [-0.3, -0.25) is 9.89 Å². The van der Waals surface area contributed by atoms with Crippen LogP contribution in [0.3, 0.4) is 0 Å². The Bertz CT molecular complexity index is 801. The van der Waals surface area contributed by atoms with Crippen molar-refractivity contribution < 1.29 is 13.9 Å². The van der Waals surface area contributed by atoms with E-state index in [0.717, 1.165) is 19.6 Å². The summed E-state index contributed by atoms with van der Waals surface area (Å²) in [6.45, 7) is 5.25. The molecule has 9 heteroatoms. The standard InChI is InChI=1S/C20H28N4O3S.HI/c1-14-16(19(25)26-3)11-15(27-14)12-22-20(21-2)23-13-17(18-7-6-10-28-18)24-8-4-5-9-24;/h6-7,10-11,17H,4-5,8-9,12-13H2,1-3H3,(H2,21,22,23);1H. The number of ether oxygens (including phenoxy) is 1. The maximum Gasteiger partial charge on any atom is 0.341 e. The minimum Gasteiger partial charge on any atom is -0.465 e. The van der Waals surface area contributed by atoms with Crippen LogP contribution in [-0.4, -0.2) is 50.6 Å². The molecule has 160 valence electrons. The van der Waals surface area contributed by atoms with Crippen LogP contribution in [0.2, 0.25) is 0 Å². The number of hydrogen-bond donors (Lipinski definition) is 2. The zero-order valence-corrected chi connectivity index (χ0v) is 20.2. The predicted octanol–water partition coefficient (Wildman–Crippen LogP) is 3.56. The lowest BCUT2D eigenvalue weighted by Gasteiger charge is -2.27. The van der Waals surface area contributed by atoms with Gasteiger partial charge in [-0.05, 0) is 50.4 Å². The van der Waals surface area contributed by atoms with E-state index >= 15 is 0 Å². The first-order valence-corrected chi connectivity index (χ1v) is 10.4. The van der Waals surface area contributed by atoms with E-state index < -0.39 is 0 Å². The lowest BCUT2D eigenvalue weighted by molar-refractivity contribution is 0.0599. The summed E-state index contributed by atoms with van der Waals surface area (Å²) >= 11 is 1.80. The number of rotatable bonds is 7. The molecule has 1 fully saturated rings. The number of thiophene rings is 1. The molecule has 1 saturated heterocycles. The molecule has 0 bridgehead atoms. The number of likely N-dealkylation sites (tertiary alicyclic amines) is 1. The van der Waals surface area contributed by atoms with Gasteiger partial charge in [0.05, 0.1) is 19.7 Å². The molecule has 2 N–H and O–H groups in total. The fourth-order valence-corrected chi connectivity index (χ4v) is 4.33. The molecule has 3 rings (SSSR count). The Morgan fingerprint density at radius 3 is 2.76 bits per heavy atom. The van der Waals surface area contributed by atoms with E-state index in [2.05, 4.69) is 38.0 Å². The first kappa shape index (κ1) is 23.7. The van der Waals surface area contributed by atoms with Crippen LogP contribution in [0.15, 0.2) is 33.0 Å². The number of halogens is 1. The number of carbonyl (C=O) groups excluding carboxylic acids is 1. The van der Waals surface area contributed by atoms with Crippen molar-refractivity contribution in [3.05, 3.63) is 45.5 Å². The fraction of sp³-hybridized carbons (Fsp3) is 0.500. The number of nitrogens with zero attached hydrogens (tertiary/aromatic N) is 2. The van der Waals surface area contributed by atoms with E-state index in [-0.39, 0.29) is 29.9 Å². The number of methoxy groups -OCH3 is 1. The van der Waals surface area contributed by atoms with E-state index in [1.165, 1.54) is 24.8 Å². The molecule has 0 radical (unpaired) electrons. The third-order valence-corrected chi connectivity index (χ3v) is 5.92. The number of guanidine groups is 1. The van der Waals surface area contributed by atoms with Crippen LogP contribution in [0.25, 0.3) is 0 Å². The van der Waals surface area contributed by atoms with Crippen molar-refractivity contribution in [3.8, 4) is 0 Å². The quantitative estimate of drug-likeness (QED) is 0.246. The lowest BCUT2D eigenvalue weighted by Crippen LogP contribution is -2.42. The van der Waals surface area contributed by atoms with Gasteiger partial charge in [0.1, 0.15) is 17.1 Å². The summed E-state index contributed by atoms with van der Waals surface area (Å²) in [6.07, 6.45) is 2.52. The maximum absolute atomic E-state index is 11.7. The SMILES string of the molecule is CN=C(NCc1cc(C(=O)OC)c(C)o1)NCC(c1cccs1)N1CCCC1.I. The van der Waals surface area contributed by atoms with Gasteiger partial charge in [0, 0.05) is 18.5 Å². The Morgan fingerprint density at radius 2 is 2.14 bits per heavy atom. The number of aliphatic imine (C=N–C) groups is 1. The van der Waals surface area contributed by atoms with Crippen molar-refractivity contribution in [3.63, 3.8) is 0 Å². The minimum atomic E-state index is -0.389. The minimum absolute atomic E-state index is 0. The van der Waals surface area contributed by atoms with Crippen LogP contribution in [0.1, 0.15) is 45.6 Å². The Balaban J connectivity index is 0.00000300. The van der Waals surface area contributed by atoms with Gasteiger partial charge in [0.2, 0.25) is 0 Å². The van der Waals surface area contributed by atoms with Gasteiger partial charge in [-0.2, -0.15) is 0 Å². The van der Waals surface area contributed by atoms with Crippen molar-refractivity contribution in [2.75, 3.05) is 33.8 Å². The normalized spacial score (nSPS) is 15.6. The fourth-order valence-electron chi connectivity index (χ4n) is 3.47. The third kappa shape index (κ3) is 6.19. The van der Waals surface area contributed by atoms with Gasteiger partial charge < -0.3 is 19.8 Å². The van der Waals surface area contributed by atoms with Crippen LogP contribution >= 0.6 is 35.3 Å². The molecule has 0 spiro atoms. The molecule has 2 aromatic heterocycles. The first-order chi connectivity index (χ1) is 13.6. The number of aryl methyl sites for hydroxylation is 1. The third-order valence-electron chi connectivity index (χ3n) is 4.94. The van der Waals surface area contributed by atoms with E-state index in [1.54, 1.807) is 31.4 Å². The van der Waals surface area contributed by atoms with Gasteiger partial charge in [-0.15, -0.1) is 35.3 Å². The van der Waals surface area contributed by atoms with Crippen molar-refractivity contribution >= 4 is 47.2 Å². The van der Waals surface area contributed by atoms with Crippen LogP contribution < -0.4 is 10.6 Å². The topological polar surface area (TPSA) is 79.1 Å². The molecule has 1 atom stereocenters. The van der Waals surface area contributed by atoms with E-state index in [9.17, 15) is 4.79 Å². The van der Waals surface area contributed by atoms with Gasteiger partial charge in [0.15, 0.2) is 5.96 Å². The molecule has 1 aliphatic heterocycles. The van der Waals surface area contributed by atoms with Gasteiger partial charge in [-0.1, -0.05) is 6.07 Å². The highest BCUT2D eigenvalue weighted by molar-refractivity contribution is 14.0. The summed E-state index contributed by atoms with van der Waals surface area (Å²) in [6, 6.07) is 6.36. The molecule has 1 unspecified atom stereocenters. The van der Waals surface area contributed by atoms with Crippen molar-refractivity contribution in [1.82, 2.24) is 15.5 Å². The molecule has 7 nitrogen and oxygen atoms in total. The zero-order valence-electron chi connectivity index (χ0n) is 17.1. The molecule has 2 aromatic rings. The van der Waals surface area contributed by atoms with E-state index in [1.807, 2.05) is 0 Å². The summed E-state index contributed by atoms with van der Waals surface area (Å²) < 4.78 is 10.4. The number of carbonyl (C=O) groups is 1. The Kier molecular flexibility index (Phi) is 9.44. The van der Waals surface area contributed by atoms with Crippen molar-refractivity contribution in [1.29, 1.82) is 0 Å². The second-order valence-electron chi connectivity index (χ2n) is 6.76. The molecular formula is C20H29IN4O3S. The van der Waals surface area contributed by atoms with Crippen LogP contribution in [-0.2, 0) is 11.3 Å². The highest BCUT2D eigenvalue weighted by Crippen LogP contribution is 2.27. The summed E-state index contributed by atoms with van der Waals surface area (Å²) in [4.78, 5) is 19.9. The monoisotopic (exact) mass is 532 g/mol. The first-order valence-electron chi connectivity index (χ1n) is 9.52. The summed E-state index contributed by atoms with van der Waals surface area (Å²) in [5.41, 5.74) is 0.453. The maximum atomic E-state index is 11.7. The predicted molar refractivity (Wildman–Crippen MR) is 126 cm³/mol. The second kappa shape index (κ2) is 11.6. The second-order valence-corrected chi connectivity index (χ2v) is 7.73. The largest absolute Gasteiger partial charge is 0.465 e. The Morgan fingerprint density at radius 1 is 1.38 bits per heavy atom. The summed E-state index contributed by atoms with van der Waals surface area (Å²) in [5, 5.41) is 8.81. The number of furan rings is 1. The molecule has 0 aliphatic carbocycles. The van der Waals surface area contributed by atoms with Crippen molar-refractivity contribution in [2.24, 2.45) is 4.99 Å². The molecular weight excluding hydrogens is 503 g/mol. The summed E-state index contributed by atoms with van der Waals surface area (Å²) in [5.74, 6) is 1.53. The Hall–Kier alpha value is -1.59. The van der Waals surface area contributed by atoms with Crippen molar-refractivity contribution in [2.45, 2.75) is 32.4 Å². The van der Waals surface area contributed by atoms with Gasteiger partial charge in [0.25, 0.3) is 0 Å². The van der Waals surface area contributed by atoms with Gasteiger partial charge in [-0.25, -0.2) is 4.79 Å². The average Bonchev–Trinajstić information content (AvgIpc) is 3.46. The lowest BCUT2D eigenvalue weighted by atomic mass is 10.2. The molecule has 1 aliphatic rings. The molecule has 0 amide bonds. The number of nitrogens with one attached hydrogen (secondary N) is 2. The van der Waals surface area contributed by atoms with Crippen LogP contribution in [0.4, 0.5) is 0 Å². The smallest absolute Gasteiger partial charge is 0.341 e. The molecule has 0 saturated carbocycles.